The molecule has 0 saturated heterocycles. The fourth-order valence-corrected chi connectivity index (χ4v) is 5.95. The number of para-hydroxylation sites is 2. The number of carboxylic acids is 1. The Bertz CT molecular complexity index is 1690. The van der Waals surface area contributed by atoms with E-state index in [-0.39, 0.29) is 11.5 Å². The topological polar surface area (TPSA) is 112 Å². The normalized spacial score (nSPS) is 13.2. The number of aliphatic carboxylic acids is 1. The zero-order chi connectivity index (χ0) is 29.1. The number of carbonyl (C=O) groups excluding carboxylic acids is 1. The number of rotatable bonds is 8. The van der Waals surface area contributed by atoms with Crippen molar-refractivity contribution in [3.63, 3.8) is 0 Å². The highest BCUT2D eigenvalue weighted by atomic mass is 32.2. The Kier molecular flexibility index (Phi) is 8.06. The maximum Gasteiger partial charge on any atom is 0.408 e. The van der Waals surface area contributed by atoms with E-state index in [4.69, 9.17) is 9.15 Å². The van der Waals surface area contributed by atoms with Gasteiger partial charge in [0.15, 0.2) is 6.04 Å². The van der Waals surface area contributed by atoms with E-state index < -0.39 is 34.9 Å². The van der Waals surface area contributed by atoms with Gasteiger partial charge in [-0.1, -0.05) is 84.9 Å². The van der Waals surface area contributed by atoms with Gasteiger partial charge >= 0.3 is 12.1 Å². The van der Waals surface area contributed by atoms with Gasteiger partial charge in [0.2, 0.25) is 0 Å². The Morgan fingerprint density at radius 3 is 2.15 bits per heavy atom. The van der Waals surface area contributed by atoms with Crippen LogP contribution in [0.3, 0.4) is 0 Å². The Hall–Kier alpha value is -4.27. The molecule has 2 N–H and O–H groups in total. The predicted octanol–water partition coefficient (Wildman–Crippen LogP) is 7.15. The molecule has 5 aromatic rings. The summed E-state index contributed by atoms with van der Waals surface area (Å²) in [5, 5.41) is 13.9. The van der Waals surface area contributed by atoms with Gasteiger partial charge in [-0.3, -0.25) is 0 Å². The molecule has 0 aliphatic rings. The summed E-state index contributed by atoms with van der Waals surface area (Å²) < 4.78 is 24.0. The number of alkyl carbamates (subject to hydrolysis) is 1. The second-order valence-corrected chi connectivity index (χ2v) is 12.3. The van der Waals surface area contributed by atoms with Crippen molar-refractivity contribution in [2.24, 2.45) is 0 Å². The number of carboxylic acid groups (broad SMARTS) is 1. The molecule has 0 radical (unpaired) electrons. The highest BCUT2D eigenvalue weighted by Gasteiger charge is 2.28. The van der Waals surface area contributed by atoms with E-state index in [0.29, 0.717) is 0 Å². The largest absolute Gasteiger partial charge is 0.616 e. The van der Waals surface area contributed by atoms with Crippen molar-refractivity contribution in [2.45, 2.75) is 38.2 Å². The SMILES string of the molecule is CC(C)(C)OC(=O)NC(C[S+]([O-])Cc1ccc(-c2ccc(-c3cccc4c3oc3ccccc34)cc2)cc1)C(=O)O. The third-order valence-electron chi connectivity index (χ3n) is 6.56. The van der Waals surface area contributed by atoms with Crippen LogP contribution in [0.4, 0.5) is 4.79 Å². The molecule has 8 heteroatoms. The van der Waals surface area contributed by atoms with E-state index in [9.17, 15) is 19.2 Å². The molecule has 0 aliphatic carbocycles. The molecule has 41 heavy (non-hydrogen) atoms. The zero-order valence-corrected chi connectivity index (χ0v) is 23.9. The molecular weight excluding hydrogens is 538 g/mol. The van der Waals surface area contributed by atoms with Crippen LogP contribution in [0.1, 0.15) is 26.3 Å². The lowest BCUT2D eigenvalue weighted by Crippen LogP contribution is -2.47. The monoisotopic (exact) mass is 569 g/mol. The van der Waals surface area contributed by atoms with Crippen LogP contribution in [-0.4, -0.2) is 39.1 Å². The van der Waals surface area contributed by atoms with E-state index in [0.717, 1.165) is 49.8 Å². The first-order valence-corrected chi connectivity index (χ1v) is 14.7. The second-order valence-electron chi connectivity index (χ2n) is 10.8. The molecule has 1 aromatic heterocycles. The van der Waals surface area contributed by atoms with Crippen LogP contribution in [0, 0.1) is 0 Å². The molecule has 0 spiro atoms. The van der Waals surface area contributed by atoms with Gasteiger partial charge in [0, 0.05) is 21.9 Å². The van der Waals surface area contributed by atoms with E-state index in [1.165, 1.54) is 0 Å². The highest BCUT2D eigenvalue weighted by molar-refractivity contribution is 7.90. The van der Waals surface area contributed by atoms with E-state index in [1.807, 2.05) is 48.5 Å². The number of hydrogen-bond acceptors (Lipinski definition) is 5. The Morgan fingerprint density at radius 2 is 1.49 bits per heavy atom. The zero-order valence-electron chi connectivity index (χ0n) is 23.0. The first kappa shape index (κ1) is 28.3. The van der Waals surface area contributed by atoms with Gasteiger partial charge in [-0.15, -0.1) is 0 Å². The third kappa shape index (κ3) is 6.73. The molecule has 2 unspecified atom stereocenters. The average molecular weight is 570 g/mol. The summed E-state index contributed by atoms with van der Waals surface area (Å²) in [6.45, 7) is 5.05. The van der Waals surface area contributed by atoms with Crippen molar-refractivity contribution in [3.05, 3.63) is 96.6 Å². The molecule has 0 saturated carbocycles. The van der Waals surface area contributed by atoms with E-state index in [1.54, 1.807) is 20.8 Å². The summed E-state index contributed by atoms with van der Waals surface area (Å²) in [5.74, 6) is -1.32. The molecule has 4 aromatic carbocycles. The fourth-order valence-electron chi connectivity index (χ4n) is 4.67. The third-order valence-corrected chi connectivity index (χ3v) is 7.92. The lowest BCUT2D eigenvalue weighted by Gasteiger charge is -2.22. The average Bonchev–Trinajstić information content (AvgIpc) is 3.31. The minimum atomic E-state index is -1.51. The molecule has 1 heterocycles. The molecule has 1 amide bonds. The van der Waals surface area contributed by atoms with E-state index in [2.05, 4.69) is 47.8 Å². The van der Waals surface area contributed by atoms with Crippen LogP contribution in [0.2, 0.25) is 0 Å². The summed E-state index contributed by atoms with van der Waals surface area (Å²) in [4.78, 5) is 23.6. The highest BCUT2D eigenvalue weighted by Crippen LogP contribution is 2.36. The van der Waals surface area contributed by atoms with Gasteiger partial charge in [0.25, 0.3) is 0 Å². The standard InChI is InChI=1S/C33H31NO6S/c1-33(2,3)40-32(37)34-28(31(35)36)20-41(38)19-21-11-13-22(14-12-21)23-15-17-24(18-16-23)25-8-6-9-27-26-7-4-5-10-29(26)39-30(25)27/h4-18,28H,19-20H2,1-3H3,(H,34,37)(H,35,36). The van der Waals surface area contributed by atoms with Crippen LogP contribution in [0.25, 0.3) is 44.2 Å². The maximum atomic E-state index is 12.7. The lowest BCUT2D eigenvalue weighted by atomic mass is 9.98. The molecule has 0 bridgehead atoms. The molecule has 0 fully saturated rings. The van der Waals surface area contributed by atoms with Crippen molar-refractivity contribution < 1.29 is 28.4 Å². The first-order chi connectivity index (χ1) is 19.6. The number of furan rings is 1. The van der Waals surface area contributed by atoms with Gasteiger partial charge in [0.1, 0.15) is 28.3 Å². The summed E-state index contributed by atoms with van der Waals surface area (Å²) in [6.07, 6.45) is -0.855. The summed E-state index contributed by atoms with van der Waals surface area (Å²) >= 11 is -1.51. The van der Waals surface area contributed by atoms with Crippen molar-refractivity contribution in [3.8, 4) is 22.3 Å². The molecular formula is C33H31NO6S. The number of carbonyl (C=O) groups is 2. The van der Waals surface area contributed by atoms with Crippen molar-refractivity contribution in [2.75, 3.05) is 5.75 Å². The van der Waals surface area contributed by atoms with Crippen LogP contribution in [-0.2, 0) is 26.5 Å². The number of ether oxygens (including phenoxy) is 1. The van der Waals surface area contributed by atoms with Crippen molar-refractivity contribution in [1.82, 2.24) is 5.32 Å². The number of fused-ring (bicyclic) bond motifs is 3. The molecule has 7 nitrogen and oxygen atoms in total. The Balaban J connectivity index is 1.25. The lowest BCUT2D eigenvalue weighted by molar-refractivity contribution is -0.138. The second kappa shape index (κ2) is 11.7. The van der Waals surface area contributed by atoms with Crippen LogP contribution in [0.15, 0.2) is 95.4 Å². The summed E-state index contributed by atoms with van der Waals surface area (Å²) in [5.41, 5.74) is 5.89. The van der Waals surface area contributed by atoms with Crippen LogP contribution >= 0.6 is 0 Å². The Morgan fingerprint density at radius 1 is 0.878 bits per heavy atom. The quantitative estimate of drug-likeness (QED) is 0.192. The molecule has 5 rings (SSSR count). The van der Waals surface area contributed by atoms with Crippen LogP contribution in [0.5, 0.6) is 0 Å². The molecule has 210 valence electrons. The van der Waals surface area contributed by atoms with Gasteiger partial charge in [-0.25, -0.2) is 9.59 Å². The number of amides is 1. The minimum Gasteiger partial charge on any atom is -0.616 e. The smallest absolute Gasteiger partial charge is 0.408 e. The maximum absolute atomic E-state index is 12.7. The van der Waals surface area contributed by atoms with Crippen molar-refractivity contribution in [1.29, 1.82) is 0 Å². The van der Waals surface area contributed by atoms with Gasteiger partial charge in [0.05, 0.1) is 0 Å². The fraction of sp³-hybridized carbons (Fsp3) is 0.212. The molecule has 2 atom stereocenters. The summed E-state index contributed by atoms with van der Waals surface area (Å²) in [6, 6.07) is 28.8. The molecule has 0 aliphatic heterocycles. The number of hydrogen-bond donors (Lipinski definition) is 2. The van der Waals surface area contributed by atoms with E-state index >= 15 is 0 Å². The number of nitrogens with one attached hydrogen (secondary N) is 1. The summed E-state index contributed by atoms with van der Waals surface area (Å²) in [7, 11) is 0. The Labute approximate surface area is 241 Å². The van der Waals surface area contributed by atoms with Gasteiger partial charge < -0.3 is 24.1 Å². The number of benzene rings is 4. The first-order valence-electron chi connectivity index (χ1n) is 13.2. The minimum absolute atomic E-state index is 0.167. The van der Waals surface area contributed by atoms with Gasteiger partial charge in [-0.2, -0.15) is 0 Å². The van der Waals surface area contributed by atoms with Crippen molar-refractivity contribution >= 4 is 45.2 Å². The van der Waals surface area contributed by atoms with Gasteiger partial charge in [-0.05, 0) is 54.7 Å². The predicted molar refractivity (Wildman–Crippen MR) is 162 cm³/mol. The van der Waals surface area contributed by atoms with Crippen LogP contribution < -0.4 is 5.32 Å².